The Bertz CT molecular complexity index is 883. The van der Waals surface area contributed by atoms with E-state index in [1.165, 1.54) is 4.31 Å². The summed E-state index contributed by atoms with van der Waals surface area (Å²) in [7, 11) is -3.51. The van der Waals surface area contributed by atoms with Crippen molar-refractivity contribution in [2.75, 3.05) is 23.7 Å². The van der Waals surface area contributed by atoms with Gasteiger partial charge in [-0.1, -0.05) is 49.4 Å². The Morgan fingerprint density at radius 1 is 1.19 bits per heavy atom. The second-order valence-corrected chi connectivity index (χ2v) is 8.33. The van der Waals surface area contributed by atoms with Gasteiger partial charge in [-0.2, -0.15) is 0 Å². The highest BCUT2D eigenvalue weighted by molar-refractivity contribution is 7.92. The van der Waals surface area contributed by atoms with E-state index in [-0.39, 0.29) is 18.4 Å². The van der Waals surface area contributed by atoms with Gasteiger partial charge in [-0.15, -0.1) is 0 Å². The van der Waals surface area contributed by atoms with Crippen molar-refractivity contribution in [3.05, 3.63) is 60.2 Å². The van der Waals surface area contributed by atoms with Gasteiger partial charge in [0.2, 0.25) is 10.0 Å². The predicted molar refractivity (Wildman–Crippen MR) is 101 cm³/mol. The smallest absolute Gasteiger partial charge is 0.263 e. The van der Waals surface area contributed by atoms with Crippen molar-refractivity contribution >= 4 is 21.6 Å². The van der Waals surface area contributed by atoms with Crippen LogP contribution in [0.1, 0.15) is 18.4 Å². The number of nitrogens with zero attached hydrogens (tertiary/aromatic N) is 1. The zero-order chi connectivity index (χ0) is 18.7. The minimum Gasteiger partial charge on any atom is -0.476 e. The molecule has 7 heteroatoms. The van der Waals surface area contributed by atoms with E-state index in [9.17, 15) is 13.2 Å². The highest BCUT2D eigenvalue weighted by Crippen LogP contribution is 2.34. The van der Waals surface area contributed by atoms with Crippen LogP contribution in [0.4, 0.5) is 5.69 Å². The van der Waals surface area contributed by atoms with E-state index < -0.39 is 16.1 Å². The van der Waals surface area contributed by atoms with Gasteiger partial charge in [-0.05, 0) is 23.6 Å². The molecule has 0 unspecified atom stereocenters. The number of nitrogens with one attached hydrogen (secondary N) is 1. The highest BCUT2D eigenvalue weighted by Gasteiger charge is 2.34. The molecule has 3 rings (SSSR count). The SMILES string of the molecule is C[C@@H](CNC(=O)[C@@H]1CN(S(C)(=O)=O)c2ccccc2O1)c1ccccc1. The van der Waals surface area contributed by atoms with Crippen LogP contribution in [0, 0.1) is 0 Å². The molecule has 26 heavy (non-hydrogen) atoms. The average Bonchev–Trinajstić information content (AvgIpc) is 2.64. The molecule has 0 spiro atoms. The van der Waals surface area contributed by atoms with Crippen molar-refractivity contribution < 1.29 is 17.9 Å². The number of sulfonamides is 1. The van der Waals surface area contributed by atoms with Crippen molar-refractivity contribution in [1.82, 2.24) is 5.32 Å². The molecule has 0 fully saturated rings. The van der Waals surface area contributed by atoms with E-state index in [1.54, 1.807) is 24.3 Å². The lowest BCUT2D eigenvalue weighted by molar-refractivity contribution is -0.127. The number of hydrogen-bond donors (Lipinski definition) is 1. The highest BCUT2D eigenvalue weighted by atomic mass is 32.2. The van der Waals surface area contributed by atoms with Gasteiger partial charge in [-0.3, -0.25) is 9.10 Å². The lowest BCUT2D eigenvalue weighted by atomic mass is 10.0. The molecule has 0 bridgehead atoms. The zero-order valence-corrected chi connectivity index (χ0v) is 15.6. The standard InChI is InChI=1S/C19H22N2O4S/c1-14(15-8-4-3-5-9-15)12-20-19(22)18-13-21(26(2,23)24)16-10-6-7-11-17(16)25-18/h3-11,14,18H,12-13H2,1-2H3,(H,20,22)/t14-,18-/m0/s1. The number of ether oxygens (including phenoxy) is 1. The number of rotatable bonds is 5. The summed E-state index contributed by atoms with van der Waals surface area (Å²) in [6.07, 6.45) is 0.240. The fraction of sp³-hybridized carbons (Fsp3) is 0.316. The molecular weight excluding hydrogens is 352 g/mol. The first-order valence-electron chi connectivity index (χ1n) is 8.42. The van der Waals surface area contributed by atoms with E-state index in [0.717, 1.165) is 11.8 Å². The van der Waals surface area contributed by atoms with Gasteiger partial charge in [0.1, 0.15) is 5.75 Å². The number of carbonyl (C=O) groups is 1. The molecule has 1 heterocycles. The summed E-state index contributed by atoms with van der Waals surface area (Å²) < 4.78 is 31.2. The largest absolute Gasteiger partial charge is 0.476 e. The third kappa shape index (κ3) is 3.99. The van der Waals surface area contributed by atoms with E-state index in [2.05, 4.69) is 5.32 Å². The Kier molecular flexibility index (Phi) is 5.18. The third-order valence-corrected chi connectivity index (χ3v) is 5.53. The fourth-order valence-corrected chi connectivity index (χ4v) is 3.83. The Balaban J connectivity index is 1.70. The second kappa shape index (κ2) is 7.37. The molecule has 2 aromatic rings. The number of carbonyl (C=O) groups excluding carboxylic acids is 1. The van der Waals surface area contributed by atoms with Gasteiger partial charge >= 0.3 is 0 Å². The summed E-state index contributed by atoms with van der Waals surface area (Å²) in [5.41, 5.74) is 1.58. The molecule has 2 aromatic carbocycles. The molecule has 1 aliphatic heterocycles. The van der Waals surface area contributed by atoms with Crippen LogP contribution < -0.4 is 14.4 Å². The van der Waals surface area contributed by atoms with Gasteiger partial charge < -0.3 is 10.1 Å². The molecule has 0 saturated heterocycles. The van der Waals surface area contributed by atoms with E-state index in [0.29, 0.717) is 18.0 Å². The van der Waals surface area contributed by atoms with Crippen molar-refractivity contribution in [3.63, 3.8) is 0 Å². The summed E-state index contributed by atoms with van der Waals surface area (Å²) >= 11 is 0. The van der Waals surface area contributed by atoms with E-state index in [4.69, 9.17) is 4.74 Å². The van der Waals surface area contributed by atoms with Gasteiger partial charge in [0.15, 0.2) is 6.10 Å². The number of amides is 1. The Hall–Kier alpha value is -2.54. The van der Waals surface area contributed by atoms with Crippen LogP contribution in [0.2, 0.25) is 0 Å². The van der Waals surface area contributed by atoms with Gasteiger partial charge in [-0.25, -0.2) is 8.42 Å². The Morgan fingerprint density at radius 3 is 2.54 bits per heavy atom. The molecule has 0 radical (unpaired) electrons. The quantitative estimate of drug-likeness (QED) is 0.870. The average molecular weight is 374 g/mol. The molecular formula is C19H22N2O4S. The Labute approximate surface area is 153 Å². The molecule has 138 valence electrons. The first-order valence-corrected chi connectivity index (χ1v) is 10.3. The molecule has 0 aromatic heterocycles. The predicted octanol–water partition coefficient (Wildman–Crippen LogP) is 2.13. The maximum Gasteiger partial charge on any atom is 0.263 e. The summed E-state index contributed by atoms with van der Waals surface area (Å²) in [5, 5.41) is 2.87. The first kappa shape index (κ1) is 18.3. The lowest BCUT2D eigenvalue weighted by Crippen LogP contribution is -2.50. The number of para-hydroxylation sites is 2. The van der Waals surface area contributed by atoms with Crippen LogP contribution in [-0.4, -0.2) is 39.8 Å². The van der Waals surface area contributed by atoms with Crippen LogP contribution in [0.15, 0.2) is 54.6 Å². The molecule has 0 saturated carbocycles. The maximum absolute atomic E-state index is 12.6. The molecule has 0 aliphatic carbocycles. The van der Waals surface area contributed by atoms with E-state index in [1.807, 2.05) is 37.3 Å². The molecule has 6 nitrogen and oxygen atoms in total. The fourth-order valence-electron chi connectivity index (χ4n) is 2.92. The first-order chi connectivity index (χ1) is 12.4. The molecule has 2 atom stereocenters. The maximum atomic E-state index is 12.6. The molecule has 1 amide bonds. The number of anilines is 1. The minimum absolute atomic E-state index is 0.0403. The van der Waals surface area contributed by atoms with Crippen molar-refractivity contribution in [1.29, 1.82) is 0 Å². The molecule has 1 N–H and O–H groups in total. The monoisotopic (exact) mass is 374 g/mol. The van der Waals surface area contributed by atoms with Crippen LogP contribution in [0.25, 0.3) is 0 Å². The summed E-state index contributed by atoms with van der Waals surface area (Å²) in [6, 6.07) is 16.7. The van der Waals surface area contributed by atoms with Gasteiger partial charge in [0.05, 0.1) is 18.5 Å². The van der Waals surface area contributed by atoms with Crippen LogP contribution in [0.3, 0.4) is 0 Å². The summed E-state index contributed by atoms with van der Waals surface area (Å²) in [5.74, 6) is 0.207. The summed E-state index contributed by atoms with van der Waals surface area (Å²) in [6.45, 7) is 2.43. The Morgan fingerprint density at radius 2 is 1.85 bits per heavy atom. The van der Waals surface area contributed by atoms with Gasteiger partial charge in [0, 0.05) is 6.54 Å². The zero-order valence-electron chi connectivity index (χ0n) is 14.8. The minimum atomic E-state index is -3.51. The summed E-state index contributed by atoms with van der Waals surface area (Å²) in [4.78, 5) is 12.6. The van der Waals surface area contributed by atoms with Crippen molar-refractivity contribution in [2.45, 2.75) is 18.9 Å². The normalized spacial score (nSPS) is 17.8. The topological polar surface area (TPSA) is 75.7 Å². The number of fused-ring (bicyclic) bond motifs is 1. The lowest BCUT2D eigenvalue weighted by Gasteiger charge is -2.34. The van der Waals surface area contributed by atoms with Crippen molar-refractivity contribution in [2.24, 2.45) is 0 Å². The number of benzene rings is 2. The van der Waals surface area contributed by atoms with Crippen LogP contribution in [-0.2, 0) is 14.8 Å². The van der Waals surface area contributed by atoms with E-state index >= 15 is 0 Å². The van der Waals surface area contributed by atoms with Gasteiger partial charge in [0.25, 0.3) is 5.91 Å². The van der Waals surface area contributed by atoms with Crippen molar-refractivity contribution in [3.8, 4) is 5.75 Å². The second-order valence-electron chi connectivity index (χ2n) is 6.43. The number of hydrogen-bond acceptors (Lipinski definition) is 4. The van der Waals surface area contributed by atoms with Crippen LogP contribution >= 0.6 is 0 Å². The molecule has 1 aliphatic rings. The third-order valence-electron chi connectivity index (χ3n) is 4.38. The van der Waals surface area contributed by atoms with Crippen LogP contribution in [0.5, 0.6) is 5.75 Å².